The standard InChI is InChI=1S/C13H26N2O3S/c1-10-6-11(2)8-15(7-10)19(17,18)14-13-5-3-4-12(13)9-16/h10-14,16H,3-9H2,1-2H3. The maximum Gasteiger partial charge on any atom is 0.279 e. The lowest BCUT2D eigenvalue weighted by Crippen LogP contribution is -2.51. The molecule has 4 unspecified atom stereocenters. The number of aliphatic hydroxyl groups is 1. The highest BCUT2D eigenvalue weighted by Gasteiger charge is 2.35. The van der Waals surface area contributed by atoms with E-state index in [0.29, 0.717) is 24.9 Å². The molecule has 112 valence electrons. The molecule has 2 aliphatic rings. The third-order valence-corrected chi connectivity index (χ3v) is 5.95. The van der Waals surface area contributed by atoms with E-state index in [-0.39, 0.29) is 18.6 Å². The van der Waals surface area contributed by atoms with Crippen LogP contribution < -0.4 is 4.72 Å². The molecule has 0 aromatic heterocycles. The Hall–Kier alpha value is -0.170. The van der Waals surface area contributed by atoms with E-state index in [9.17, 15) is 13.5 Å². The van der Waals surface area contributed by atoms with Gasteiger partial charge < -0.3 is 5.11 Å². The first-order valence-electron chi connectivity index (χ1n) is 7.30. The third kappa shape index (κ3) is 3.68. The van der Waals surface area contributed by atoms with Gasteiger partial charge in [-0.15, -0.1) is 0 Å². The molecule has 1 saturated heterocycles. The Morgan fingerprint density at radius 3 is 2.42 bits per heavy atom. The Kier molecular flexibility index (Phi) is 4.87. The minimum Gasteiger partial charge on any atom is -0.396 e. The zero-order valence-corrected chi connectivity index (χ0v) is 12.7. The summed E-state index contributed by atoms with van der Waals surface area (Å²) in [6, 6.07) is -0.0949. The number of hydrogen-bond donors (Lipinski definition) is 2. The fourth-order valence-corrected chi connectivity index (χ4v) is 5.22. The SMILES string of the molecule is CC1CC(C)CN(S(=O)(=O)NC2CCCC2CO)C1. The number of nitrogens with one attached hydrogen (secondary N) is 1. The summed E-state index contributed by atoms with van der Waals surface area (Å²) in [6.45, 7) is 5.49. The average Bonchev–Trinajstić information content (AvgIpc) is 2.74. The molecule has 4 atom stereocenters. The van der Waals surface area contributed by atoms with Gasteiger partial charge in [-0.25, -0.2) is 0 Å². The topological polar surface area (TPSA) is 69.6 Å². The summed E-state index contributed by atoms with van der Waals surface area (Å²) in [4.78, 5) is 0. The number of aliphatic hydroxyl groups excluding tert-OH is 1. The van der Waals surface area contributed by atoms with E-state index >= 15 is 0 Å². The van der Waals surface area contributed by atoms with E-state index in [4.69, 9.17) is 0 Å². The van der Waals surface area contributed by atoms with E-state index in [1.807, 2.05) is 0 Å². The van der Waals surface area contributed by atoms with Crippen LogP contribution in [0.2, 0.25) is 0 Å². The Balaban J connectivity index is 2.01. The third-order valence-electron chi connectivity index (χ3n) is 4.37. The van der Waals surface area contributed by atoms with Crippen LogP contribution in [-0.4, -0.2) is 43.6 Å². The van der Waals surface area contributed by atoms with Crippen LogP contribution >= 0.6 is 0 Å². The fraction of sp³-hybridized carbons (Fsp3) is 1.00. The average molecular weight is 290 g/mol. The predicted molar refractivity (Wildman–Crippen MR) is 74.8 cm³/mol. The molecule has 0 radical (unpaired) electrons. The molecule has 0 spiro atoms. The van der Waals surface area contributed by atoms with Gasteiger partial charge in [-0.3, -0.25) is 0 Å². The van der Waals surface area contributed by atoms with Crippen molar-refractivity contribution in [2.24, 2.45) is 17.8 Å². The van der Waals surface area contributed by atoms with Crippen LogP contribution in [0.25, 0.3) is 0 Å². The van der Waals surface area contributed by atoms with Crippen LogP contribution in [0.5, 0.6) is 0 Å². The molecular weight excluding hydrogens is 264 g/mol. The number of hydrogen-bond acceptors (Lipinski definition) is 3. The summed E-state index contributed by atoms with van der Waals surface area (Å²) >= 11 is 0. The Morgan fingerprint density at radius 1 is 1.21 bits per heavy atom. The molecule has 19 heavy (non-hydrogen) atoms. The van der Waals surface area contributed by atoms with Crippen LogP contribution in [0.3, 0.4) is 0 Å². The largest absolute Gasteiger partial charge is 0.396 e. The minimum atomic E-state index is -3.40. The minimum absolute atomic E-state index is 0.0694. The monoisotopic (exact) mass is 290 g/mol. The van der Waals surface area contributed by atoms with Crippen LogP contribution in [0, 0.1) is 17.8 Å². The highest BCUT2D eigenvalue weighted by Crippen LogP contribution is 2.27. The Labute approximate surface area is 116 Å². The van der Waals surface area contributed by atoms with Crippen LogP contribution in [0.4, 0.5) is 0 Å². The summed E-state index contributed by atoms with van der Waals surface area (Å²) in [5.74, 6) is 0.907. The lowest BCUT2D eigenvalue weighted by atomic mass is 9.94. The van der Waals surface area contributed by atoms with Gasteiger partial charge in [-0.1, -0.05) is 20.3 Å². The second-order valence-electron chi connectivity index (χ2n) is 6.37. The zero-order chi connectivity index (χ0) is 14.0. The molecule has 1 saturated carbocycles. The second-order valence-corrected chi connectivity index (χ2v) is 8.07. The smallest absolute Gasteiger partial charge is 0.279 e. The summed E-state index contributed by atoms with van der Waals surface area (Å²) in [6.07, 6.45) is 3.83. The molecule has 2 fully saturated rings. The van der Waals surface area contributed by atoms with Crippen molar-refractivity contribution in [2.75, 3.05) is 19.7 Å². The highest BCUT2D eigenvalue weighted by molar-refractivity contribution is 7.87. The lowest BCUT2D eigenvalue weighted by molar-refractivity contribution is 0.204. The predicted octanol–water partition coefficient (Wildman–Crippen LogP) is 0.960. The zero-order valence-electron chi connectivity index (χ0n) is 11.9. The molecule has 1 heterocycles. The van der Waals surface area contributed by atoms with Crippen molar-refractivity contribution in [1.29, 1.82) is 0 Å². The summed E-state index contributed by atoms with van der Waals surface area (Å²) in [5, 5.41) is 9.28. The molecular formula is C13H26N2O3S. The van der Waals surface area contributed by atoms with E-state index in [1.54, 1.807) is 4.31 Å². The van der Waals surface area contributed by atoms with Crippen molar-refractivity contribution < 1.29 is 13.5 Å². The first kappa shape index (κ1) is 15.2. The first-order valence-corrected chi connectivity index (χ1v) is 8.74. The molecule has 0 aromatic rings. The summed E-state index contributed by atoms with van der Waals surface area (Å²) in [5.41, 5.74) is 0. The molecule has 0 aromatic carbocycles. The molecule has 2 rings (SSSR count). The van der Waals surface area contributed by atoms with Gasteiger partial charge in [0.05, 0.1) is 0 Å². The lowest BCUT2D eigenvalue weighted by Gasteiger charge is -2.35. The van der Waals surface area contributed by atoms with Gasteiger partial charge in [0.1, 0.15) is 0 Å². The van der Waals surface area contributed by atoms with Crippen molar-refractivity contribution in [3.05, 3.63) is 0 Å². The van der Waals surface area contributed by atoms with Gasteiger partial charge in [0.25, 0.3) is 10.2 Å². The van der Waals surface area contributed by atoms with Crippen molar-refractivity contribution in [1.82, 2.24) is 9.03 Å². The van der Waals surface area contributed by atoms with Crippen LogP contribution in [0.1, 0.15) is 39.5 Å². The number of piperidine rings is 1. The molecule has 2 N–H and O–H groups in total. The van der Waals surface area contributed by atoms with E-state index in [0.717, 1.165) is 25.7 Å². The molecule has 0 amide bonds. The quantitative estimate of drug-likeness (QED) is 0.810. The molecule has 0 bridgehead atoms. The van der Waals surface area contributed by atoms with E-state index in [2.05, 4.69) is 18.6 Å². The van der Waals surface area contributed by atoms with Crippen molar-refractivity contribution in [2.45, 2.75) is 45.6 Å². The van der Waals surface area contributed by atoms with Crippen LogP contribution in [0.15, 0.2) is 0 Å². The van der Waals surface area contributed by atoms with Crippen LogP contribution in [-0.2, 0) is 10.2 Å². The van der Waals surface area contributed by atoms with Gasteiger partial charge in [0.2, 0.25) is 0 Å². The maximum atomic E-state index is 12.4. The van der Waals surface area contributed by atoms with Gasteiger partial charge in [0, 0.05) is 25.7 Å². The van der Waals surface area contributed by atoms with Crippen molar-refractivity contribution >= 4 is 10.2 Å². The van der Waals surface area contributed by atoms with Crippen molar-refractivity contribution in [3.8, 4) is 0 Å². The summed E-state index contributed by atoms with van der Waals surface area (Å²) < 4.78 is 29.2. The number of rotatable bonds is 4. The van der Waals surface area contributed by atoms with E-state index in [1.165, 1.54) is 0 Å². The maximum absolute atomic E-state index is 12.4. The van der Waals surface area contributed by atoms with E-state index < -0.39 is 10.2 Å². The highest BCUT2D eigenvalue weighted by atomic mass is 32.2. The fourth-order valence-electron chi connectivity index (χ4n) is 3.48. The second kappa shape index (κ2) is 6.08. The van der Waals surface area contributed by atoms with Gasteiger partial charge in [-0.2, -0.15) is 17.4 Å². The molecule has 5 nitrogen and oxygen atoms in total. The Morgan fingerprint density at radius 2 is 1.84 bits per heavy atom. The van der Waals surface area contributed by atoms with Crippen molar-refractivity contribution in [3.63, 3.8) is 0 Å². The van der Waals surface area contributed by atoms with Gasteiger partial charge >= 0.3 is 0 Å². The van der Waals surface area contributed by atoms with Gasteiger partial charge in [0.15, 0.2) is 0 Å². The molecule has 1 aliphatic heterocycles. The molecule has 6 heteroatoms. The van der Waals surface area contributed by atoms with Gasteiger partial charge in [-0.05, 0) is 37.0 Å². The summed E-state index contributed by atoms with van der Waals surface area (Å²) in [7, 11) is -3.40. The first-order chi connectivity index (χ1) is 8.92. The normalized spacial score (nSPS) is 37.6. The number of nitrogens with zero attached hydrogens (tertiary/aromatic N) is 1. The Bertz CT molecular complexity index is 389. The molecule has 1 aliphatic carbocycles.